The van der Waals surface area contributed by atoms with Crippen LogP contribution in [0.15, 0.2) is 28.7 Å². The number of hydrogen-bond donors (Lipinski definition) is 2. The lowest BCUT2D eigenvalue weighted by Crippen LogP contribution is -2.05. The third-order valence-electron chi connectivity index (χ3n) is 2.53. The quantitative estimate of drug-likeness (QED) is 0.907. The van der Waals surface area contributed by atoms with Crippen LogP contribution in [-0.2, 0) is 6.54 Å². The van der Waals surface area contributed by atoms with E-state index in [0.717, 1.165) is 28.0 Å². The van der Waals surface area contributed by atoms with Gasteiger partial charge in [-0.3, -0.25) is 5.10 Å². The molecular weight excluding hydrogens is 266 g/mol. The van der Waals surface area contributed by atoms with E-state index < -0.39 is 0 Å². The Kier molecular flexibility index (Phi) is 3.41. The van der Waals surface area contributed by atoms with E-state index in [2.05, 4.69) is 50.5 Å². The number of nitrogens with zero attached hydrogens (tertiary/aromatic N) is 1. The van der Waals surface area contributed by atoms with Crippen LogP contribution in [0, 0.1) is 6.92 Å². The maximum atomic E-state index is 4.35. The third-order valence-corrected chi connectivity index (χ3v) is 3.38. The van der Waals surface area contributed by atoms with Gasteiger partial charge in [-0.1, -0.05) is 24.3 Å². The Labute approximate surface area is 103 Å². The van der Waals surface area contributed by atoms with E-state index in [-0.39, 0.29) is 0 Å². The van der Waals surface area contributed by atoms with Gasteiger partial charge in [-0.2, -0.15) is 5.10 Å². The molecule has 2 rings (SSSR count). The molecule has 1 heterocycles. The summed E-state index contributed by atoms with van der Waals surface area (Å²) in [4.78, 5) is 0. The highest BCUT2D eigenvalue weighted by atomic mass is 79.9. The fourth-order valence-electron chi connectivity index (χ4n) is 1.68. The Morgan fingerprint density at radius 2 is 2.12 bits per heavy atom. The Hall–Kier alpha value is -1.13. The predicted octanol–water partition coefficient (Wildman–Crippen LogP) is 2.87. The molecule has 0 unspecified atom stereocenters. The molecule has 1 aromatic carbocycles. The summed E-state index contributed by atoms with van der Waals surface area (Å²) < 4.78 is 1.04. The van der Waals surface area contributed by atoms with Crippen molar-refractivity contribution in [2.75, 3.05) is 7.05 Å². The van der Waals surface area contributed by atoms with Crippen molar-refractivity contribution in [1.29, 1.82) is 0 Å². The topological polar surface area (TPSA) is 40.7 Å². The minimum atomic E-state index is 0.777. The average molecular weight is 280 g/mol. The fourth-order valence-corrected chi connectivity index (χ4v) is 2.21. The maximum absolute atomic E-state index is 4.35. The van der Waals surface area contributed by atoms with Gasteiger partial charge in [0, 0.05) is 12.1 Å². The number of aromatic amines is 1. The molecule has 0 bridgehead atoms. The number of nitrogens with one attached hydrogen (secondary N) is 2. The van der Waals surface area contributed by atoms with E-state index in [4.69, 9.17) is 0 Å². The fraction of sp³-hybridized carbons (Fsp3) is 0.250. The van der Waals surface area contributed by atoms with Gasteiger partial charge in [0.15, 0.2) is 0 Å². The summed E-state index contributed by atoms with van der Waals surface area (Å²) in [6.45, 7) is 2.87. The van der Waals surface area contributed by atoms with Crippen molar-refractivity contribution >= 4 is 15.9 Å². The third kappa shape index (κ3) is 2.03. The molecule has 0 saturated heterocycles. The number of halogens is 1. The van der Waals surface area contributed by atoms with Crippen molar-refractivity contribution in [3.63, 3.8) is 0 Å². The van der Waals surface area contributed by atoms with E-state index in [0.29, 0.717) is 0 Å². The first-order chi connectivity index (χ1) is 7.74. The average Bonchev–Trinajstić information content (AvgIpc) is 2.62. The summed E-state index contributed by atoms with van der Waals surface area (Å²) in [5.41, 5.74) is 4.43. The minimum absolute atomic E-state index is 0.777. The van der Waals surface area contributed by atoms with Gasteiger partial charge < -0.3 is 5.32 Å². The van der Waals surface area contributed by atoms with Crippen LogP contribution in [0.1, 0.15) is 11.3 Å². The summed E-state index contributed by atoms with van der Waals surface area (Å²) >= 11 is 3.59. The summed E-state index contributed by atoms with van der Waals surface area (Å²) in [5, 5.41) is 10.5. The first kappa shape index (κ1) is 11.4. The van der Waals surface area contributed by atoms with Crippen LogP contribution in [-0.4, -0.2) is 17.2 Å². The Balaban J connectivity index is 2.45. The van der Waals surface area contributed by atoms with E-state index >= 15 is 0 Å². The van der Waals surface area contributed by atoms with Crippen LogP contribution >= 0.6 is 15.9 Å². The van der Waals surface area contributed by atoms with Gasteiger partial charge in [-0.15, -0.1) is 0 Å². The maximum Gasteiger partial charge on any atom is 0.107 e. The molecule has 3 nitrogen and oxygen atoms in total. The zero-order valence-corrected chi connectivity index (χ0v) is 10.9. The van der Waals surface area contributed by atoms with Crippen molar-refractivity contribution in [1.82, 2.24) is 15.5 Å². The van der Waals surface area contributed by atoms with Gasteiger partial charge in [0.1, 0.15) is 5.69 Å². The SMILES string of the molecule is CNCc1[nH]nc(-c2ccccc2C)c1Br. The van der Waals surface area contributed by atoms with E-state index in [1.54, 1.807) is 0 Å². The number of benzene rings is 1. The van der Waals surface area contributed by atoms with Gasteiger partial charge in [0.2, 0.25) is 0 Å². The minimum Gasteiger partial charge on any atom is -0.314 e. The number of H-pyrrole nitrogens is 1. The van der Waals surface area contributed by atoms with Gasteiger partial charge in [0.05, 0.1) is 10.2 Å². The van der Waals surface area contributed by atoms with Crippen molar-refractivity contribution in [2.45, 2.75) is 13.5 Å². The Morgan fingerprint density at radius 3 is 2.81 bits per heavy atom. The molecule has 0 atom stereocenters. The lowest BCUT2D eigenvalue weighted by molar-refractivity contribution is 0.781. The van der Waals surface area contributed by atoms with Crippen molar-refractivity contribution in [2.24, 2.45) is 0 Å². The second-order valence-corrected chi connectivity index (χ2v) is 4.50. The van der Waals surface area contributed by atoms with Crippen LogP contribution < -0.4 is 5.32 Å². The highest BCUT2D eigenvalue weighted by Gasteiger charge is 2.12. The molecule has 84 valence electrons. The smallest absolute Gasteiger partial charge is 0.107 e. The number of hydrogen-bond acceptors (Lipinski definition) is 2. The van der Waals surface area contributed by atoms with Gasteiger partial charge in [-0.05, 0) is 35.5 Å². The summed E-state index contributed by atoms with van der Waals surface area (Å²) in [7, 11) is 1.92. The summed E-state index contributed by atoms with van der Waals surface area (Å²) in [5.74, 6) is 0. The number of aromatic nitrogens is 2. The lowest BCUT2D eigenvalue weighted by atomic mass is 10.1. The van der Waals surface area contributed by atoms with Crippen LogP contribution in [0.25, 0.3) is 11.3 Å². The molecule has 0 aliphatic rings. The number of rotatable bonds is 3. The molecule has 16 heavy (non-hydrogen) atoms. The zero-order chi connectivity index (χ0) is 11.5. The van der Waals surface area contributed by atoms with E-state index in [1.807, 2.05) is 19.2 Å². The van der Waals surface area contributed by atoms with Gasteiger partial charge >= 0.3 is 0 Å². The molecule has 0 amide bonds. The van der Waals surface area contributed by atoms with Gasteiger partial charge in [-0.25, -0.2) is 0 Å². The van der Waals surface area contributed by atoms with Crippen molar-refractivity contribution in [3.05, 3.63) is 40.0 Å². The van der Waals surface area contributed by atoms with Crippen LogP contribution in [0.3, 0.4) is 0 Å². The Bertz CT molecular complexity index is 491. The predicted molar refractivity (Wildman–Crippen MR) is 69.2 cm³/mol. The van der Waals surface area contributed by atoms with E-state index in [9.17, 15) is 0 Å². The summed E-state index contributed by atoms with van der Waals surface area (Å²) in [6, 6.07) is 8.24. The second-order valence-electron chi connectivity index (χ2n) is 3.71. The first-order valence-corrected chi connectivity index (χ1v) is 5.96. The highest BCUT2D eigenvalue weighted by Crippen LogP contribution is 2.30. The van der Waals surface area contributed by atoms with E-state index in [1.165, 1.54) is 5.56 Å². The molecule has 0 saturated carbocycles. The monoisotopic (exact) mass is 279 g/mol. The molecule has 1 aromatic heterocycles. The Morgan fingerprint density at radius 1 is 1.38 bits per heavy atom. The molecule has 0 aliphatic heterocycles. The number of aryl methyl sites for hydroxylation is 1. The van der Waals surface area contributed by atoms with Gasteiger partial charge in [0.25, 0.3) is 0 Å². The standard InChI is InChI=1S/C12H14BrN3/c1-8-5-3-4-6-9(8)12-11(13)10(7-14-2)15-16-12/h3-6,14H,7H2,1-2H3,(H,15,16). The highest BCUT2D eigenvalue weighted by molar-refractivity contribution is 9.10. The largest absolute Gasteiger partial charge is 0.314 e. The molecule has 2 aromatic rings. The molecule has 4 heteroatoms. The molecule has 0 radical (unpaired) electrons. The molecule has 0 spiro atoms. The van der Waals surface area contributed by atoms with Crippen molar-refractivity contribution in [3.8, 4) is 11.3 Å². The summed E-state index contributed by atoms with van der Waals surface area (Å²) in [6.07, 6.45) is 0. The van der Waals surface area contributed by atoms with Crippen LogP contribution in [0.2, 0.25) is 0 Å². The first-order valence-electron chi connectivity index (χ1n) is 5.17. The van der Waals surface area contributed by atoms with Crippen LogP contribution in [0.5, 0.6) is 0 Å². The normalized spacial score (nSPS) is 10.7. The van der Waals surface area contributed by atoms with Crippen LogP contribution in [0.4, 0.5) is 0 Å². The van der Waals surface area contributed by atoms with Crippen molar-refractivity contribution < 1.29 is 0 Å². The zero-order valence-electron chi connectivity index (χ0n) is 9.34. The molecule has 0 aliphatic carbocycles. The molecule has 2 N–H and O–H groups in total. The second kappa shape index (κ2) is 4.80. The lowest BCUT2D eigenvalue weighted by Gasteiger charge is -2.02. The molecule has 0 fully saturated rings. The molecular formula is C12H14BrN3.